The van der Waals surface area contributed by atoms with Crippen molar-refractivity contribution < 1.29 is 15.0 Å². The molecule has 0 heterocycles. The Bertz CT molecular complexity index is 194. The topological polar surface area (TPSA) is 95.6 Å². The number of nitrogens with two attached hydrogens (primary N) is 1. The molecule has 0 aliphatic carbocycles. The van der Waals surface area contributed by atoms with Crippen LogP contribution >= 0.6 is 12.4 Å². The van der Waals surface area contributed by atoms with Crippen LogP contribution in [0.3, 0.4) is 0 Å². The molecule has 0 aliphatic rings. The molecule has 0 bridgehead atoms. The maximum atomic E-state index is 11.1. The molecule has 0 unspecified atom stereocenters. The van der Waals surface area contributed by atoms with E-state index >= 15 is 0 Å². The van der Waals surface area contributed by atoms with Gasteiger partial charge in [0.15, 0.2) is 0 Å². The Morgan fingerprint density at radius 3 is 2.20 bits per heavy atom. The van der Waals surface area contributed by atoms with E-state index in [2.05, 4.69) is 5.32 Å². The van der Waals surface area contributed by atoms with Crippen LogP contribution in [0.15, 0.2) is 0 Å². The molecule has 0 aromatic carbocycles. The third-order valence-corrected chi connectivity index (χ3v) is 1.92. The third kappa shape index (κ3) is 6.67. The van der Waals surface area contributed by atoms with Gasteiger partial charge >= 0.3 is 0 Å². The summed E-state index contributed by atoms with van der Waals surface area (Å²) in [6, 6.07) is -0.510. The Labute approximate surface area is 96.5 Å². The van der Waals surface area contributed by atoms with Gasteiger partial charge < -0.3 is 21.3 Å². The minimum absolute atomic E-state index is 0. The lowest BCUT2D eigenvalue weighted by atomic mass is 9.86. The van der Waals surface area contributed by atoms with Gasteiger partial charge in [0.05, 0.1) is 18.8 Å². The third-order valence-electron chi connectivity index (χ3n) is 1.92. The highest BCUT2D eigenvalue weighted by molar-refractivity contribution is 5.85. The molecule has 0 saturated heterocycles. The molecule has 0 aliphatic heterocycles. The first-order valence-electron chi connectivity index (χ1n) is 4.60. The summed E-state index contributed by atoms with van der Waals surface area (Å²) in [5.74, 6) is -0.456. The second-order valence-corrected chi connectivity index (χ2v) is 4.45. The van der Waals surface area contributed by atoms with E-state index in [9.17, 15) is 4.79 Å². The zero-order valence-electron chi connectivity index (χ0n) is 9.36. The number of carbonyl (C=O) groups excluding carboxylic acids is 1. The van der Waals surface area contributed by atoms with E-state index in [0.29, 0.717) is 0 Å². The molecule has 15 heavy (non-hydrogen) atoms. The largest absolute Gasteiger partial charge is 0.394 e. The summed E-state index contributed by atoms with van der Waals surface area (Å²) in [6.07, 6.45) is -0.862. The van der Waals surface area contributed by atoms with Gasteiger partial charge in [-0.15, -0.1) is 12.4 Å². The van der Waals surface area contributed by atoms with E-state index in [0.717, 1.165) is 0 Å². The van der Waals surface area contributed by atoms with Crippen LogP contribution in [0.25, 0.3) is 0 Å². The number of amides is 1. The molecule has 0 fully saturated rings. The molecule has 0 radical (unpaired) electrons. The number of aliphatic hydroxyl groups excluding tert-OH is 2. The molecule has 0 spiro atoms. The Morgan fingerprint density at radius 1 is 1.47 bits per heavy atom. The van der Waals surface area contributed by atoms with Gasteiger partial charge in [-0.25, -0.2) is 0 Å². The van der Waals surface area contributed by atoms with E-state index in [1.54, 1.807) is 0 Å². The summed E-state index contributed by atoms with van der Waals surface area (Å²) in [4.78, 5) is 11.1. The minimum atomic E-state index is -0.862. The van der Waals surface area contributed by atoms with Gasteiger partial charge in [-0.2, -0.15) is 0 Å². The molecule has 0 saturated carbocycles. The quantitative estimate of drug-likeness (QED) is 0.509. The molecule has 0 aromatic heterocycles. The van der Waals surface area contributed by atoms with Crippen LogP contribution in [-0.4, -0.2) is 41.4 Å². The predicted molar refractivity (Wildman–Crippen MR) is 60.8 cm³/mol. The number of rotatable bonds is 5. The monoisotopic (exact) mass is 240 g/mol. The smallest absolute Gasteiger partial charge is 0.235 e. The normalized spacial score (nSPS) is 15.3. The van der Waals surface area contributed by atoms with E-state index in [-0.39, 0.29) is 31.0 Å². The Hall–Kier alpha value is -0.360. The Kier molecular flexibility index (Phi) is 7.96. The highest BCUT2D eigenvalue weighted by atomic mass is 35.5. The second kappa shape index (κ2) is 7.00. The molecule has 0 rings (SSSR count). The molecule has 1 amide bonds. The summed E-state index contributed by atoms with van der Waals surface area (Å²) < 4.78 is 0. The van der Waals surface area contributed by atoms with Crippen LogP contribution in [0, 0.1) is 5.41 Å². The highest BCUT2D eigenvalue weighted by Crippen LogP contribution is 2.18. The summed E-state index contributed by atoms with van der Waals surface area (Å²) in [5.41, 5.74) is 4.90. The number of hydrogen-bond acceptors (Lipinski definition) is 4. The van der Waals surface area contributed by atoms with Crippen molar-refractivity contribution >= 4 is 18.3 Å². The summed E-state index contributed by atoms with van der Waals surface area (Å²) >= 11 is 0. The van der Waals surface area contributed by atoms with Crippen molar-refractivity contribution in [3.63, 3.8) is 0 Å². The molecule has 5 nitrogen and oxygen atoms in total. The van der Waals surface area contributed by atoms with Crippen molar-refractivity contribution in [2.24, 2.45) is 11.1 Å². The lowest BCUT2D eigenvalue weighted by molar-refractivity contribution is -0.122. The highest BCUT2D eigenvalue weighted by Gasteiger charge is 2.29. The standard InChI is InChI=1S/C9H20N2O3.ClH/c1-9(2,3)7(8(10)14)11-4-6(13)5-12;/h6-7,11-13H,4-5H2,1-3H3,(H2,10,14);1H/t6-,7-;/m1./s1. The van der Waals surface area contributed by atoms with Gasteiger partial charge in [0.25, 0.3) is 0 Å². The van der Waals surface area contributed by atoms with E-state index < -0.39 is 18.1 Å². The van der Waals surface area contributed by atoms with Crippen LogP contribution in [-0.2, 0) is 4.79 Å². The fourth-order valence-electron chi connectivity index (χ4n) is 1.15. The first kappa shape index (κ1) is 17.0. The molecular formula is C9H21ClN2O3. The maximum absolute atomic E-state index is 11.1. The minimum Gasteiger partial charge on any atom is -0.394 e. The molecule has 5 N–H and O–H groups in total. The molecule has 2 atom stereocenters. The first-order chi connectivity index (χ1) is 6.29. The van der Waals surface area contributed by atoms with E-state index in [1.165, 1.54) is 0 Å². The molecular weight excluding hydrogens is 220 g/mol. The van der Waals surface area contributed by atoms with E-state index in [1.807, 2.05) is 20.8 Å². The van der Waals surface area contributed by atoms with Crippen LogP contribution in [0.2, 0.25) is 0 Å². The second-order valence-electron chi connectivity index (χ2n) is 4.45. The summed E-state index contributed by atoms with van der Waals surface area (Å²) in [6.45, 7) is 5.45. The average molecular weight is 241 g/mol. The molecule has 6 heteroatoms. The first-order valence-corrected chi connectivity index (χ1v) is 4.60. The number of halogens is 1. The number of primary amides is 1. The lowest BCUT2D eigenvalue weighted by Crippen LogP contribution is -2.52. The fourth-order valence-corrected chi connectivity index (χ4v) is 1.15. The van der Waals surface area contributed by atoms with Gasteiger partial charge in [-0.05, 0) is 5.41 Å². The summed E-state index contributed by atoms with van der Waals surface area (Å²) in [5, 5.41) is 20.5. The van der Waals surface area contributed by atoms with Crippen molar-refractivity contribution in [3.05, 3.63) is 0 Å². The molecule has 0 aromatic rings. The SMILES string of the molecule is CC(C)(C)[C@H](NC[C@@H](O)CO)C(N)=O.Cl. The van der Waals surface area contributed by atoms with Crippen molar-refractivity contribution in [3.8, 4) is 0 Å². The van der Waals surface area contributed by atoms with Crippen LogP contribution in [0.4, 0.5) is 0 Å². The average Bonchev–Trinajstić information content (AvgIpc) is 2.01. The van der Waals surface area contributed by atoms with Gasteiger partial charge in [0.2, 0.25) is 5.91 Å². The number of aliphatic hydroxyl groups is 2. The Morgan fingerprint density at radius 2 is 1.93 bits per heavy atom. The van der Waals surface area contributed by atoms with Crippen molar-refractivity contribution in [1.29, 1.82) is 0 Å². The van der Waals surface area contributed by atoms with Crippen LogP contribution in [0.1, 0.15) is 20.8 Å². The zero-order chi connectivity index (χ0) is 11.4. The fraction of sp³-hybridized carbons (Fsp3) is 0.889. The van der Waals surface area contributed by atoms with Crippen molar-refractivity contribution in [2.75, 3.05) is 13.2 Å². The predicted octanol–water partition coefficient (Wildman–Crippen LogP) is -0.749. The molecule has 92 valence electrons. The number of carbonyl (C=O) groups is 1. The number of nitrogens with one attached hydrogen (secondary N) is 1. The van der Waals surface area contributed by atoms with Crippen LogP contribution in [0.5, 0.6) is 0 Å². The van der Waals surface area contributed by atoms with Gasteiger partial charge in [0.1, 0.15) is 0 Å². The zero-order valence-corrected chi connectivity index (χ0v) is 10.2. The lowest BCUT2D eigenvalue weighted by Gasteiger charge is -2.29. The Balaban J connectivity index is 0. The number of hydrogen-bond donors (Lipinski definition) is 4. The van der Waals surface area contributed by atoms with Crippen molar-refractivity contribution in [1.82, 2.24) is 5.32 Å². The van der Waals surface area contributed by atoms with Gasteiger partial charge in [-0.3, -0.25) is 4.79 Å². The van der Waals surface area contributed by atoms with Crippen molar-refractivity contribution in [2.45, 2.75) is 32.9 Å². The van der Waals surface area contributed by atoms with Gasteiger partial charge in [0, 0.05) is 6.54 Å². The summed E-state index contributed by atoms with van der Waals surface area (Å²) in [7, 11) is 0. The van der Waals surface area contributed by atoms with Crippen LogP contribution < -0.4 is 11.1 Å². The maximum Gasteiger partial charge on any atom is 0.235 e. The van der Waals surface area contributed by atoms with E-state index in [4.69, 9.17) is 15.9 Å². The van der Waals surface area contributed by atoms with Gasteiger partial charge in [-0.1, -0.05) is 20.8 Å².